The van der Waals surface area contributed by atoms with Crippen molar-refractivity contribution in [2.24, 2.45) is 0 Å². The second kappa shape index (κ2) is 7.36. The topological polar surface area (TPSA) is 90.1 Å². The lowest BCUT2D eigenvalue weighted by molar-refractivity contribution is -0.384. The fourth-order valence-electron chi connectivity index (χ4n) is 2.55. The first kappa shape index (κ1) is 18.2. The summed E-state index contributed by atoms with van der Waals surface area (Å²) in [6, 6.07) is 13.0. The van der Waals surface area contributed by atoms with Crippen LogP contribution < -0.4 is 5.32 Å². The van der Waals surface area contributed by atoms with Gasteiger partial charge in [0.1, 0.15) is 11.5 Å². The Morgan fingerprint density at radius 1 is 1.15 bits per heavy atom. The Morgan fingerprint density at radius 2 is 1.78 bits per heavy atom. The third-order valence-electron chi connectivity index (χ3n) is 3.81. The number of halogens is 1. The molecule has 8 heteroatoms. The van der Waals surface area contributed by atoms with E-state index in [2.05, 4.69) is 10.4 Å². The molecule has 2 aromatic carbocycles. The van der Waals surface area contributed by atoms with E-state index in [1.807, 2.05) is 13.8 Å². The van der Waals surface area contributed by atoms with Crippen molar-refractivity contribution in [2.75, 3.05) is 0 Å². The molecular weight excluding hydrogens is 351 g/mol. The molecule has 0 aliphatic rings. The van der Waals surface area contributed by atoms with E-state index < -0.39 is 4.92 Å². The van der Waals surface area contributed by atoms with E-state index in [1.165, 1.54) is 41.1 Å². The molecule has 0 saturated heterocycles. The van der Waals surface area contributed by atoms with Gasteiger partial charge in [-0.2, -0.15) is 5.10 Å². The summed E-state index contributed by atoms with van der Waals surface area (Å²) >= 11 is 0. The highest BCUT2D eigenvalue weighted by Gasteiger charge is 2.19. The number of aromatic nitrogens is 2. The van der Waals surface area contributed by atoms with Crippen LogP contribution in [0, 0.1) is 15.9 Å². The van der Waals surface area contributed by atoms with Crippen LogP contribution in [0.15, 0.2) is 54.6 Å². The van der Waals surface area contributed by atoms with Crippen molar-refractivity contribution >= 4 is 11.6 Å². The molecule has 0 radical (unpaired) electrons. The number of amides is 1. The third kappa shape index (κ3) is 4.00. The number of nitrogens with one attached hydrogen (secondary N) is 1. The molecule has 0 aliphatic heterocycles. The van der Waals surface area contributed by atoms with Gasteiger partial charge in [-0.3, -0.25) is 14.9 Å². The van der Waals surface area contributed by atoms with E-state index in [0.717, 1.165) is 0 Å². The molecule has 0 unspecified atom stereocenters. The molecule has 1 amide bonds. The lowest BCUT2D eigenvalue weighted by Gasteiger charge is -2.10. The molecule has 0 atom stereocenters. The molecule has 7 nitrogen and oxygen atoms in total. The molecule has 3 aromatic rings. The summed E-state index contributed by atoms with van der Waals surface area (Å²) in [5, 5.41) is 18.1. The predicted octanol–water partition coefficient (Wildman–Crippen LogP) is 3.72. The van der Waals surface area contributed by atoms with Gasteiger partial charge in [-0.15, -0.1) is 0 Å². The minimum atomic E-state index is -0.497. The van der Waals surface area contributed by atoms with Crippen molar-refractivity contribution in [3.8, 4) is 16.9 Å². The third-order valence-corrected chi connectivity index (χ3v) is 3.81. The molecule has 0 saturated carbocycles. The molecule has 3 rings (SSSR count). The number of benzene rings is 2. The highest BCUT2D eigenvalue weighted by Crippen LogP contribution is 2.23. The number of hydrogen-bond acceptors (Lipinski definition) is 4. The average molecular weight is 368 g/mol. The highest BCUT2D eigenvalue weighted by molar-refractivity contribution is 5.94. The summed E-state index contributed by atoms with van der Waals surface area (Å²) < 4.78 is 14.6. The van der Waals surface area contributed by atoms with Crippen LogP contribution in [0.25, 0.3) is 16.9 Å². The van der Waals surface area contributed by atoms with E-state index in [0.29, 0.717) is 16.9 Å². The number of nitro benzene ring substituents is 1. The number of carbonyl (C=O) groups is 1. The van der Waals surface area contributed by atoms with Crippen LogP contribution in [0.1, 0.15) is 24.3 Å². The molecule has 0 fully saturated rings. The van der Waals surface area contributed by atoms with Gasteiger partial charge in [0, 0.05) is 23.7 Å². The summed E-state index contributed by atoms with van der Waals surface area (Å²) in [5.41, 5.74) is 1.86. The first-order chi connectivity index (χ1) is 12.8. The van der Waals surface area contributed by atoms with Gasteiger partial charge in [0.2, 0.25) is 0 Å². The van der Waals surface area contributed by atoms with Crippen molar-refractivity contribution in [1.82, 2.24) is 15.1 Å². The van der Waals surface area contributed by atoms with Gasteiger partial charge in [-0.05, 0) is 56.3 Å². The van der Waals surface area contributed by atoms with Gasteiger partial charge < -0.3 is 5.32 Å². The van der Waals surface area contributed by atoms with Crippen molar-refractivity contribution in [1.29, 1.82) is 0 Å². The fraction of sp³-hybridized carbons (Fsp3) is 0.158. The zero-order valence-electron chi connectivity index (χ0n) is 14.7. The molecule has 1 heterocycles. The van der Waals surface area contributed by atoms with Crippen molar-refractivity contribution in [3.05, 3.63) is 76.2 Å². The smallest absolute Gasteiger partial charge is 0.270 e. The van der Waals surface area contributed by atoms with E-state index in [-0.39, 0.29) is 29.1 Å². The largest absolute Gasteiger partial charge is 0.349 e. The van der Waals surface area contributed by atoms with Crippen LogP contribution in [0.4, 0.5) is 10.1 Å². The summed E-state index contributed by atoms with van der Waals surface area (Å²) in [7, 11) is 0. The minimum absolute atomic E-state index is 0.0575. The lowest BCUT2D eigenvalue weighted by atomic mass is 10.1. The van der Waals surface area contributed by atoms with Crippen LogP contribution in [-0.2, 0) is 0 Å². The van der Waals surface area contributed by atoms with Gasteiger partial charge in [0.25, 0.3) is 11.6 Å². The fourth-order valence-corrected chi connectivity index (χ4v) is 2.55. The minimum Gasteiger partial charge on any atom is -0.349 e. The normalized spacial score (nSPS) is 10.8. The first-order valence-corrected chi connectivity index (χ1v) is 8.27. The Hall–Kier alpha value is -3.55. The molecule has 0 aliphatic carbocycles. The van der Waals surface area contributed by atoms with Crippen LogP contribution >= 0.6 is 0 Å². The Morgan fingerprint density at radius 3 is 2.33 bits per heavy atom. The maximum Gasteiger partial charge on any atom is 0.270 e. The maximum absolute atomic E-state index is 13.2. The summed E-state index contributed by atoms with van der Waals surface area (Å²) in [6.45, 7) is 3.68. The van der Waals surface area contributed by atoms with Crippen LogP contribution in [-0.4, -0.2) is 26.7 Å². The van der Waals surface area contributed by atoms with Gasteiger partial charge in [-0.1, -0.05) is 0 Å². The highest BCUT2D eigenvalue weighted by atomic mass is 19.1. The van der Waals surface area contributed by atoms with Gasteiger partial charge >= 0.3 is 0 Å². The first-order valence-electron chi connectivity index (χ1n) is 8.27. The molecule has 1 aromatic heterocycles. The van der Waals surface area contributed by atoms with Crippen molar-refractivity contribution in [3.63, 3.8) is 0 Å². The van der Waals surface area contributed by atoms with E-state index in [4.69, 9.17) is 0 Å². The van der Waals surface area contributed by atoms with Crippen LogP contribution in [0.2, 0.25) is 0 Å². The van der Waals surface area contributed by atoms with Crippen molar-refractivity contribution < 1.29 is 14.1 Å². The zero-order chi connectivity index (χ0) is 19.6. The SMILES string of the molecule is CC(C)NC(=O)c1cc(-c2ccc(F)cc2)nn1-c1ccc([N+](=O)[O-])cc1. The van der Waals surface area contributed by atoms with E-state index >= 15 is 0 Å². The molecule has 0 spiro atoms. The Balaban J connectivity index is 2.08. The summed E-state index contributed by atoms with van der Waals surface area (Å²) in [6.07, 6.45) is 0. The standard InChI is InChI=1S/C19H17FN4O3/c1-12(2)21-19(25)18-11-17(13-3-5-14(20)6-4-13)22-23(18)15-7-9-16(10-8-15)24(26)27/h3-12H,1-2H3,(H,21,25). The number of rotatable bonds is 5. The number of nitro groups is 1. The number of hydrogen-bond donors (Lipinski definition) is 1. The molecule has 0 bridgehead atoms. The Labute approximate surface area is 154 Å². The monoisotopic (exact) mass is 368 g/mol. The van der Waals surface area contributed by atoms with E-state index in [9.17, 15) is 19.3 Å². The van der Waals surface area contributed by atoms with Crippen molar-refractivity contribution in [2.45, 2.75) is 19.9 Å². The maximum atomic E-state index is 13.2. The summed E-state index contributed by atoms with van der Waals surface area (Å²) in [5.74, 6) is -0.699. The number of nitrogens with zero attached hydrogens (tertiary/aromatic N) is 3. The second-order valence-corrected chi connectivity index (χ2v) is 6.24. The van der Waals surface area contributed by atoms with Gasteiger partial charge in [0.15, 0.2) is 0 Å². The number of carbonyl (C=O) groups excluding carboxylic acids is 1. The predicted molar refractivity (Wildman–Crippen MR) is 98.2 cm³/mol. The molecule has 27 heavy (non-hydrogen) atoms. The quantitative estimate of drug-likeness (QED) is 0.549. The molecule has 1 N–H and O–H groups in total. The number of non-ortho nitro benzene ring substituents is 1. The second-order valence-electron chi connectivity index (χ2n) is 6.24. The van der Waals surface area contributed by atoms with Crippen LogP contribution in [0.3, 0.4) is 0 Å². The average Bonchev–Trinajstić information content (AvgIpc) is 3.07. The molecule has 138 valence electrons. The molecular formula is C19H17FN4O3. The van der Waals surface area contributed by atoms with E-state index in [1.54, 1.807) is 18.2 Å². The lowest BCUT2D eigenvalue weighted by Crippen LogP contribution is -2.31. The van der Waals surface area contributed by atoms with Crippen LogP contribution in [0.5, 0.6) is 0 Å². The van der Waals surface area contributed by atoms with Gasteiger partial charge in [0.05, 0.1) is 16.3 Å². The summed E-state index contributed by atoms with van der Waals surface area (Å²) in [4.78, 5) is 22.9. The Bertz CT molecular complexity index is 979. The Kier molecular flexibility index (Phi) is 4.98. The zero-order valence-corrected chi connectivity index (χ0v) is 14.7. The van der Waals surface area contributed by atoms with Gasteiger partial charge in [-0.25, -0.2) is 9.07 Å².